The molecule has 0 atom stereocenters. The Morgan fingerprint density at radius 3 is 2.67 bits per heavy atom. The Morgan fingerprint density at radius 1 is 1.28 bits per heavy atom. The van der Waals surface area contributed by atoms with E-state index < -0.39 is 0 Å². The average molecular weight is 308 g/mol. The quantitative estimate of drug-likeness (QED) is 0.873. The van der Waals surface area contributed by atoms with Crippen LogP contribution in [0.4, 0.5) is 0 Å². The molecule has 1 heterocycles. The van der Waals surface area contributed by atoms with Crippen molar-refractivity contribution >= 4 is 15.9 Å². The predicted molar refractivity (Wildman–Crippen MR) is 74.9 cm³/mol. The summed E-state index contributed by atoms with van der Waals surface area (Å²) in [5, 5.41) is 0. The average Bonchev–Trinajstić information content (AvgIpc) is 2.35. The molecule has 0 N–H and O–H groups in total. The number of benzene rings is 1. The second-order valence-electron chi connectivity index (χ2n) is 4.11. The van der Waals surface area contributed by atoms with Crippen LogP contribution in [0, 0.1) is 6.92 Å². The van der Waals surface area contributed by atoms with Gasteiger partial charge in [-0.1, -0.05) is 34.1 Å². The number of hydrogen-bond acceptors (Lipinski definition) is 2. The van der Waals surface area contributed by atoms with E-state index in [0.29, 0.717) is 12.4 Å². The van der Waals surface area contributed by atoms with E-state index in [4.69, 9.17) is 4.74 Å². The molecular formula is C14H14BrNO2. The van der Waals surface area contributed by atoms with Crippen molar-refractivity contribution in [2.45, 2.75) is 13.5 Å². The van der Waals surface area contributed by atoms with Gasteiger partial charge >= 0.3 is 0 Å². The number of hydrogen-bond donors (Lipinski definition) is 0. The van der Waals surface area contributed by atoms with Gasteiger partial charge in [-0.3, -0.25) is 4.79 Å². The molecule has 0 aliphatic rings. The minimum atomic E-state index is -0.0582. The molecule has 1 aromatic heterocycles. The monoisotopic (exact) mass is 307 g/mol. The maximum absolute atomic E-state index is 11.6. The molecule has 94 valence electrons. The first-order valence-electron chi connectivity index (χ1n) is 5.62. The van der Waals surface area contributed by atoms with Crippen molar-refractivity contribution < 1.29 is 4.74 Å². The van der Waals surface area contributed by atoms with E-state index in [1.165, 1.54) is 6.07 Å². The summed E-state index contributed by atoms with van der Waals surface area (Å²) in [7, 11) is 1.75. The van der Waals surface area contributed by atoms with Crippen LogP contribution in [0.3, 0.4) is 0 Å². The number of pyridine rings is 1. The first-order chi connectivity index (χ1) is 8.58. The minimum absolute atomic E-state index is 0.0582. The van der Waals surface area contributed by atoms with E-state index in [-0.39, 0.29) is 5.56 Å². The predicted octanol–water partition coefficient (Wildman–Crippen LogP) is 3.04. The molecule has 4 heteroatoms. The second-order valence-corrected chi connectivity index (χ2v) is 4.96. The van der Waals surface area contributed by atoms with E-state index in [1.54, 1.807) is 11.6 Å². The van der Waals surface area contributed by atoms with Crippen molar-refractivity contribution in [1.82, 2.24) is 4.57 Å². The summed E-state index contributed by atoms with van der Waals surface area (Å²) in [6, 6.07) is 11.2. The number of aromatic nitrogens is 1. The Balaban J connectivity index is 2.17. The molecule has 0 saturated heterocycles. The van der Waals surface area contributed by atoms with Gasteiger partial charge in [-0.2, -0.15) is 0 Å². The molecule has 0 aliphatic heterocycles. The smallest absolute Gasteiger partial charge is 0.254 e. The fourth-order valence-electron chi connectivity index (χ4n) is 1.60. The van der Waals surface area contributed by atoms with Crippen LogP contribution in [0.25, 0.3) is 0 Å². The van der Waals surface area contributed by atoms with Gasteiger partial charge in [0.25, 0.3) is 5.56 Å². The third kappa shape index (κ3) is 2.82. The first kappa shape index (κ1) is 12.9. The van der Waals surface area contributed by atoms with Gasteiger partial charge in [0, 0.05) is 28.8 Å². The summed E-state index contributed by atoms with van der Waals surface area (Å²) in [6.07, 6.45) is 0. The molecule has 0 bridgehead atoms. The van der Waals surface area contributed by atoms with Crippen molar-refractivity contribution in [3.05, 3.63) is 62.5 Å². The zero-order valence-corrected chi connectivity index (χ0v) is 11.9. The van der Waals surface area contributed by atoms with E-state index in [9.17, 15) is 4.79 Å². The normalized spacial score (nSPS) is 10.4. The molecule has 1 aromatic carbocycles. The molecule has 0 spiro atoms. The Hall–Kier alpha value is -1.55. The highest BCUT2D eigenvalue weighted by molar-refractivity contribution is 9.10. The largest absolute Gasteiger partial charge is 0.489 e. The van der Waals surface area contributed by atoms with Gasteiger partial charge < -0.3 is 9.30 Å². The highest BCUT2D eigenvalue weighted by atomic mass is 79.9. The summed E-state index contributed by atoms with van der Waals surface area (Å²) in [6.45, 7) is 2.32. The lowest BCUT2D eigenvalue weighted by Crippen LogP contribution is -2.17. The summed E-state index contributed by atoms with van der Waals surface area (Å²) in [5.41, 5.74) is 1.87. The zero-order valence-electron chi connectivity index (χ0n) is 10.3. The Morgan fingerprint density at radius 2 is 2.00 bits per heavy atom. The van der Waals surface area contributed by atoms with E-state index in [0.717, 1.165) is 15.7 Å². The number of nitrogens with zero attached hydrogens (tertiary/aromatic N) is 1. The van der Waals surface area contributed by atoms with Gasteiger partial charge in [0.1, 0.15) is 12.4 Å². The number of halogens is 1. The molecule has 0 saturated carbocycles. The number of aryl methyl sites for hydroxylation is 1. The van der Waals surface area contributed by atoms with Gasteiger partial charge in [0.15, 0.2) is 0 Å². The maximum Gasteiger partial charge on any atom is 0.254 e. The van der Waals surface area contributed by atoms with Crippen molar-refractivity contribution in [1.29, 1.82) is 0 Å². The van der Waals surface area contributed by atoms with Gasteiger partial charge in [-0.05, 0) is 19.1 Å². The van der Waals surface area contributed by atoms with E-state index in [2.05, 4.69) is 15.9 Å². The maximum atomic E-state index is 11.6. The summed E-state index contributed by atoms with van der Waals surface area (Å²) < 4.78 is 8.24. The SMILES string of the molecule is Cc1cc(OCc2ccccc2Br)cc(=O)n1C. The van der Waals surface area contributed by atoms with E-state index >= 15 is 0 Å². The van der Waals surface area contributed by atoms with Crippen LogP contribution in [0.5, 0.6) is 5.75 Å². The van der Waals surface area contributed by atoms with Crippen LogP contribution < -0.4 is 10.3 Å². The third-order valence-electron chi connectivity index (χ3n) is 2.83. The van der Waals surface area contributed by atoms with Crippen LogP contribution in [-0.4, -0.2) is 4.57 Å². The standard InChI is InChI=1S/C14H14BrNO2/c1-10-7-12(8-14(17)16(10)2)18-9-11-5-3-4-6-13(11)15/h3-8H,9H2,1-2H3. The minimum Gasteiger partial charge on any atom is -0.489 e. The molecule has 2 aromatic rings. The first-order valence-corrected chi connectivity index (χ1v) is 6.41. The second kappa shape index (κ2) is 5.40. The highest BCUT2D eigenvalue weighted by Crippen LogP contribution is 2.18. The molecular weight excluding hydrogens is 294 g/mol. The fourth-order valence-corrected chi connectivity index (χ4v) is 2.00. The Labute approximate surface area is 114 Å². The number of ether oxygens (including phenoxy) is 1. The third-order valence-corrected chi connectivity index (χ3v) is 3.60. The molecule has 0 amide bonds. The van der Waals surface area contributed by atoms with Crippen molar-refractivity contribution in [3.8, 4) is 5.75 Å². The molecule has 18 heavy (non-hydrogen) atoms. The van der Waals surface area contributed by atoms with Crippen molar-refractivity contribution in [2.24, 2.45) is 7.05 Å². The van der Waals surface area contributed by atoms with Crippen LogP contribution in [0.1, 0.15) is 11.3 Å². The van der Waals surface area contributed by atoms with Gasteiger partial charge in [-0.15, -0.1) is 0 Å². The lowest BCUT2D eigenvalue weighted by atomic mass is 10.2. The van der Waals surface area contributed by atoms with Crippen molar-refractivity contribution in [2.75, 3.05) is 0 Å². The molecule has 0 unspecified atom stereocenters. The highest BCUT2D eigenvalue weighted by Gasteiger charge is 2.03. The fraction of sp³-hybridized carbons (Fsp3) is 0.214. The molecule has 3 nitrogen and oxygen atoms in total. The van der Waals surface area contributed by atoms with E-state index in [1.807, 2.05) is 37.3 Å². The van der Waals surface area contributed by atoms with Gasteiger partial charge in [0.05, 0.1) is 0 Å². The van der Waals surface area contributed by atoms with Crippen LogP contribution >= 0.6 is 15.9 Å². The molecule has 2 rings (SSSR count). The Kier molecular flexibility index (Phi) is 3.87. The number of rotatable bonds is 3. The molecule has 0 fully saturated rings. The van der Waals surface area contributed by atoms with Crippen LogP contribution in [0.2, 0.25) is 0 Å². The Bertz CT molecular complexity index is 619. The van der Waals surface area contributed by atoms with Crippen LogP contribution in [-0.2, 0) is 13.7 Å². The van der Waals surface area contributed by atoms with Crippen molar-refractivity contribution in [3.63, 3.8) is 0 Å². The topological polar surface area (TPSA) is 31.2 Å². The lowest BCUT2D eigenvalue weighted by molar-refractivity contribution is 0.304. The summed E-state index contributed by atoms with van der Waals surface area (Å²) in [4.78, 5) is 11.6. The molecule has 0 radical (unpaired) electrons. The van der Waals surface area contributed by atoms with Crippen LogP contribution in [0.15, 0.2) is 45.7 Å². The van der Waals surface area contributed by atoms with Gasteiger partial charge in [-0.25, -0.2) is 0 Å². The molecule has 0 aliphatic carbocycles. The summed E-state index contributed by atoms with van der Waals surface area (Å²) in [5.74, 6) is 0.603. The lowest BCUT2D eigenvalue weighted by Gasteiger charge is -2.10. The zero-order chi connectivity index (χ0) is 13.1. The van der Waals surface area contributed by atoms with Gasteiger partial charge in [0.2, 0.25) is 0 Å². The summed E-state index contributed by atoms with van der Waals surface area (Å²) >= 11 is 3.46.